The van der Waals surface area contributed by atoms with Crippen molar-refractivity contribution >= 4 is 11.4 Å². The Hall–Kier alpha value is -3.07. The molecule has 106 valence electrons. The van der Waals surface area contributed by atoms with E-state index in [9.17, 15) is 10.1 Å². The minimum absolute atomic E-state index is 0.0210. The maximum absolute atomic E-state index is 10.8. The minimum atomic E-state index is -0.438. The molecule has 0 aromatic heterocycles. The molecule has 6 heteroatoms. The quantitative estimate of drug-likeness (QED) is 0.673. The van der Waals surface area contributed by atoms with Crippen LogP contribution in [0.5, 0.6) is 5.75 Å². The third-order valence-corrected chi connectivity index (χ3v) is 2.90. The van der Waals surface area contributed by atoms with Crippen molar-refractivity contribution in [3.05, 3.63) is 63.7 Å². The summed E-state index contributed by atoms with van der Waals surface area (Å²) in [6.07, 6.45) is 0. The number of benzene rings is 2. The van der Waals surface area contributed by atoms with Gasteiger partial charge in [-0.05, 0) is 35.9 Å². The van der Waals surface area contributed by atoms with Crippen molar-refractivity contribution in [2.75, 3.05) is 12.4 Å². The van der Waals surface area contributed by atoms with Crippen molar-refractivity contribution in [1.29, 1.82) is 5.26 Å². The first-order valence-electron chi connectivity index (χ1n) is 6.22. The Bertz CT molecular complexity index is 708. The zero-order valence-corrected chi connectivity index (χ0v) is 11.4. The molecule has 6 nitrogen and oxygen atoms in total. The highest BCUT2D eigenvalue weighted by molar-refractivity contribution is 5.62. The van der Waals surface area contributed by atoms with Gasteiger partial charge in [-0.3, -0.25) is 10.1 Å². The van der Waals surface area contributed by atoms with Crippen LogP contribution in [0.2, 0.25) is 0 Å². The number of anilines is 1. The first-order valence-corrected chi connectivity index (χ1v) is 6.22. The van der Waals surface area contributed by atoms with Crippen LogP contribution in [0.4, 0.5) is 11.4 Å². The van der Waals surface area contributed by atoms with E-state index in [-0.39, 0.29) is 12.3 Å². The smallest absolute Gasteiger partial charge is 0.292 e. The Morgan fingerprint density at radius 3 is 2.81 bits per heavy atom. The fourth-order valence-electron chi connectivity index (χ4n) is 1.85. The van der Waals surface area contributed by atoms with E-state index in [2.05, 4.69) is 5.32 Å². The van der Waals surface area contributed by atoms with E-state index in [1.54, 1.807) is 43.4 Å². The van der Waals surface area contributed by atoms with Crippen molar-refractivity contribution in [3.8, 4) is 11.8 Å². The van der Waals surface area contributed by atoms with E-state index in [0.29, 0.717) is 17.0 Å². The van der Waals surface area contributed by atoms with Crippen molar-refractivity contribution < 1.29 is 9.66 Å². The summed E-state index contributed by atoms with van der Waals surface area (Å²) < 4.78 is 5.59. The Labute approximate surface area is 121 Å². The molecule has 0 saturated heterocycles. The Morgan fingerprint density at radius 1 is 1.33 bits per heavy atom. The van der Waals surface area contributed by atoms with Gasteiger partial charge < -0.3 is 10.1 Å². The van der Waals surface area contributed by atoms with Gasteiger partial charge in [0.1, 0.15) is 18.0 Å². The summed E-state index contributed by atoms with van der Waals surface area (Å²) in [5, 5.41) is 22.5. The van der Waals surface area contributed by atoms with Crippen LogP contribution in [-0.4, -0.2) is 12.0 Å². The molecule has 0 bridgehead atoms. The summed E-state index contributed by atoms with van der Waals surface area (Å²) in [5.41, 5.74) is 1.78. The molecule has 2 rings (SSSR count). The van der Waals surface area contributed by atoms with Crippen LogP contribution < -0.4 is 10.1 Å². The van der Waals surface area contributed by atoms with Crippen molar-refractivity contribution in [2.24, 2.45) is 0 Å². The number of nitrogens with zero attached hydrogens (tertiary/aromatic N) is 2. The largest absolute Gasteiger partial charge is 0.489 e. The van der Waals surface area contributed by atoms with Crippen LogP contribution >= 0.6 is 0 Å². The number of hydrogen-bond donors (Lipinski definition) is 1. The van der Waals surface area contributed by atoms with E-state index in [0.717, 1.165) is 5.56 Å². The lowest BCUT2D eigenvalue weighted by Gasteiger charge is -2.08. The summed E-state index contributed by atoms with van der Waals surface area (Å²) in [4.78, 5) is 10.4. The lowest BCUT2D eigenvalue weighted by molar-refractivity contribution is -0.384. The predicted octanol–water partition coefficient (Wildman–Crippen LogP) is 3.09. The van der Waals surface area contributed by atoms with Gasteiger partial charge in [-0.25, -0.2) is 0 Å². The molecule has 0 radical (unpaired) electrons. The van der Waals surface area contributed by atoms with Gasteiger partial charge in [-0.15, -0.1) is 0 Å². The highest BCUT2D eigenvalue weighted by Gasteiger charge is 2.12. The summed E-state index contributed by atoms with van der Waals surface area (Å²) in [7, 11) is 1.63. The Kier molecular flexibility index (Phi) is 4.36. The number of nitriles is 1. The first kappa shape index (κ1) is 14.3. The Balaban J connectivity index is 2.13. The van der Waals surface area contributed by atoms with Crippen LogP contribution in [0.15, 0.2) is 42.5 Å². The van der Waals surface area contributed by atoms with E-state index >= 15 is 0 Å². The molecule has 0 unspecified atom stereocenters. The van der Waals surface area contributed by atoms with Gasteiger partial charge in [0.15, 0.2) is 0 Å². The summed E-state index contributed by atoms with van der Waals surface area (Å²) in [6, 6.07) is 13.6. The van der Waals surface area contributed by atoms with E-state index < -0.39 is 4.92 Å². The number of ether oxygens (including phenoxy) is 1. The molecular weight excluding hydrogens is 270 g/mol. The van der Waals surface area contributed by atoms with Gasteiger partial charge in [0.25, 0.3) is 5.69 Å². The van der Waals surface area contributed by atoms with E-state index in [1.807, 2.05) is 6.07 Å². The second-order valence-corrected chi connectivity index (χ2v) is 4.29. The SMILES string of the molecule is CNc1cc(COc2cccc(C#N)c2)ccc1[N+](=O)[O-]. The zero-order chi connectivity index (χ0) is 15.2. The molecule has 0 aliphatic heterocycles. The highest BCUT2D eigenvalue weighted by Crippen LogP contribution is 2.25. The van der Waals surface area contributed by atoms with Gasteiger partial charge in [0, 0.05) is 13.1 Å². The molecule has 1 N–H and O–H groups in total. The molecule has 0 aliphatic carbocycles. The standard InChI is InChI=1S/C15H13N3O3/c1-17-14-8-12(5-6-15(14)18(19)20)10-21-13-4-2-3-11(7-13)9-16/h2-8,17H,10H2,1H3. The second-order valence-electron chi connectivity index (χ2n) is 4.29. The normalized spacial score (nSPS) is 9.71. The average Bonchev–Trinajstić information content (AvgIpc) is 2.52. The molecule has 2 aromatic rings. The van der Waals surface area contributed by atoms with Gasteiger partial charge in [0.2, 0.25) is 0 Å². The number of rotatable bonds is 5. The van der Waals surface area contributed by atoms with Gasteiger partial charge in [-0.2, -0.15) is 5.26 Å². The van der Waals surface area contributed by atoms with E-state index in [4.69, 9.17) is 10.00 Å². The third kappa shape index (κ3) is 3.48. The molecule has 0 saturated carbocycles. The monoisotopic (exact) mass is 283 g/mol. The molecule has 0 spiro atoms. The summed E-state index contributed by atoms with van der Waals surface area (Å²) in [5.74, 6) is 0.582. The zero-order valence-electron chi connectivity index (χ0n) is 11.4. The molecule has 0 heterocycles. The van der Waals surface area contributed by atoms with Crippen molar-refractivity contribution in [1.82, 2.24) is 0 Å². The maximum Gasteiger partial charge on any atom is 0.292 e. The minimum Gasteiger partial charge on any atom is -0.489 e. The first-order chi connectivity index (χ1) is 10.1. The third-order valence-electron chi connectivity index (χ3n) is 2.90. The molecule has 0 aliphatic rings. The molecular formula is C15H13N3O3. The number of hydrogen-bond acceptors (Lipinski definition) is 5. The fraction of sp³-hybridized carbons (Fsp3) is 0.133. The van der Waals surface area contributed by atoms with Crippen LogP contribution in [0.1, 0.15) is 11.1 Å². The molecule has 0 atom stereocenters. The van der Waals surface area contributed by atoms with Crippen LogP contribution in [0.25, 0.3) is 0 Å². The predicted molar refractivity (Wildman–Crippen MR) is 78.1 cm³/mol. The number of nitrogens with one attached hydrogen (secondary N) is 1. The Morgan fingerprint density at radius 2 is 2.14 bits per heavy atom. The van der Waals surface area contributed by atoms with Crippen LogP contribution in [0.3, 0.4) is 0 Å². The fourth-order valence-corrected chi connectivity index (χ4v) is 1.85. The highest BCUT2D eigenvalue weighted by atomic mass is 16.6. The van der Waals surface area contributed by atoms with Crippen molar-refractivity contribution in [3.63, 3.8) is 0 Å². The molecule has 2 aromatic carbocycles. The number of nitro groups is 1. The van der Waals surface area contributed by atoms with Crippen molar-refractivity contribution in [2.45, 2.75) is 6.61 Å². The van der Waals surface area contributed by atoms with Crippen LogP contribution in [0, 0.1) is 21.4 Å². The van der Waals surface area contributed by atoms with Gasteiger partial charge >= 0.3 is 0 Å². The maximum atomic E-state index is 10.8. The molecule has 0 amide bonds. The second kappa shape index (κ2) is 6.39. The van der Waals surface area contributed by atoms with Gasteiger partial charge in [-0.1, -0.05) is 6.07 Å². The molecule has 21 heavy (non-hydrogen) atoms. The van der Waals surface area contributed by atoms with Crippen LogP contribution in [-0.2, 0) is 6.61 Å². The topological polar surface area (TPSA) is 88.2 Å². The summed E-state index contributed by atoms with van der Waals surface area (Å²) >= 11 is 0. The average molecular weight is 283 g/mol. The van der Waals surface area contributed by atoms with Gasteiger partial charge in [0.05, 0.1) is 16.6 Å². The lowest BCUT2D eigenvalue weighted by Crippen LogP contribution is -2.00. The summed E-state index contributed by atoms with van der Waals surface area (Å²) in [6.45, 7) is 0.265. The molecule has 0 fully saturated rings. The van der Waals surface area contributed by atoms with E-state index in [1.165, 1.54) is 6.07 Å². The number of nitro benzene ring substituents is 1. The lowest BCUT2D eigenvalue weighted by atomic mass is 10.2.